The predicted molar refractivity (Wildman–Crippen MR) is 64.3 cm³/mol. The van der Waals surface area contributed by atoms with Crippen LogP contribution in [0.2, 0.25) is 0 Å². The molecule has 0 atom stereocenters. The zero-order valence-electron chi connectivity index (χ0n) is 9.40. The van der Waals surface area contributed by atoms with Gasteiger partial charge in [-0.2, -0.15) is 15.6 Å². The van der Waals surface area contributed by atoms with Gasteiger partial charge in [-0.25, -0.2) is 0 Å². The third-order valence-electron chi connectivity index (χ3n) is 2.54. The molecule has 0 aromatic heterocycles. The molecular formula is C12H9N5O. The molecule has 0 unspecified atom stereocenters. The van der Waals surface area contributed by atoms with E-state index in [1.54, 1.807) is 18.2 Å². The van der Waals surface area contributed by atoms with Gasteiger partial charge < -0.3 is 5.32 Å². The number of anilines is 1. The predicted octanol–water partition coefficient (Wildman–Crippen LogP) is 0.674. The number of carbonyl (C=O) groups is 1. The minimum atomic E-state index is -0.235. The number of carbonyl (C=O) groups excluding carboxylic acids is 1. The minimum absolute atomic E-state index is 0.0116. The van der Waals surface area contributed by atoms with Gasteiger partial charge in [-0.15, -0.1) is 0 Å². The van der Waals surface area contributed by atoms with Crippen LogP contribution in [0.3, 0.4) is 0 Å². The minimum Gasteiger partial charge on any atom is -0.352 e. The fourth-order valence-electron chi connectivity index (χ4n) is 1.66. The fourth-order valence-corrected chi connectivity index (χ4v) is 1.66. The molecule has 0 fully saturated rings. The monoisotopic (exact) mass is 239 g/mol. The molecule has 2 rings (SSSR count). The lowest BCUT2D eigenvalue weighted by Crippen LogP contribution is -2.30. The summed E-state index contributed by atoms with van der Waals surface area (Å²) < 4.78 is 0. The Morgan fingerprint density at radius 3 is 2.83 bits per heavy atom. The normalized spacial score (nSPS) is 12.4. The van der Waals surface area contributed by atoms with Gasteiger partial charge in [-0.3, -0.25) is 10.2 Å². The zero-order valence-corrected chi connectivity index (χ0v) is 9.40. The van der Waals surface area contributed by atoms with Gasteiger partial charge in [0.15, 0.2) is 0 Å². The van der Waals surface area contributed by atoms with Gasteiger partial charge in [0.25, 0.3) is 0 Å². The zero-order chi connectivity index (χ0) is 13.0. The molecule has 0 saturated carbocycles. The van der Waals surface area contributed by atoms with Crippen LogP contribution in [0.1, 0.15) is 11.1 Å². The summed E-state index contributed by atoms with van der Waals surface area (Å²) >= 11 is 0. The quantitative estimate of drug-likeness (QED) is 0.585. The van der Waals surface area contributed by atoms with E-state index in [2.05, 4.69) is 15.8 Å². The lowest BCUT2D eigenvalue weighted by Gasteiger charge is -2.17. The fraction of sp³-hybridized carbons (Fsp3) is 0.167. The van der Waals surface area contributed by atoms with Gasteiger partial charge >= 0.3 is 0 Å². The summed E-state index contributed by atoms with van der Waals surface area (Å²) in [5.74, 6) is 0.0116. The number of nitrogens with one attached hydrogen (secondary N) is 2. The molecular weight excluding hydrogens is 230 g/mol. The Labute approximate surface area is 104 Å². The van der Waals surface area contributed by atoms with Crippen molar-refractivity contribution >= 4 is 17.3 Å². The van der Waals surface area contributed by atoms with Gasteiger partial charge in [0.1, 0.15) is 12.1 Å². The SMILES string of the molecule is N#CC(C#N)=NNc1ccc2c(c1)CNC(=O)C2. The number of fused-ring (bicyclic) bond motifs is 1. The van der Waals surface area contributed by atoms with Crippen LogP contribution in [-0.4, -0.2) is 11.6 Å². The molecule has 0 bridgehead atoms. The summed E-state index contributed by atoms with van der Waals surface area (Å²) in [5.41, 5.74) is 5.06. The van der Waals surface area contributed by atoms with Gasteiger partial charge in [0.05, 0.1) is 12.1 Å². The number of hydrazone groups is 1. The van der Waals surface area contributed by atoms with Gasteiger partial charge in [0, 0.05) is 6.54 Å². The average molecular weight is 239 g/mol. The highest BCUT2D eigenvalue weighted by Gasteiger charge is 2.14. The molecule has 0 spiro atoms. The largest absolute Gasteiger partial charge is 0.352 e. The van der Waals surface area contributed by atoms with Crippen LogP contribution >= 0.6 is 0 Å². The summed E-state index contributed by atoms with van der Waals surface area (Å²) in [6.07, 6.45) is 0.376. The molecule has 1 aromatic carbocycles. The van der Waals surface area contributed by atoms with Crippen LogP contribution in [0.5, 0.6) is 0 Å². The van der Waals surface area contributed by atoms with E-state index in [1.165, 1.54) is 0 Å². The molecule has 2 N–H and O–H groups in total. The third kappa shape index (κ3) is 2.45. The topological polar surface area (TPSA) is 101 Å². The molecule has 0 radical (unpaired) electrons. The number of hydrogen-bond donors (Lipinski definition) is 2. The highest BCUT2D eigenvalue weighted by molar-refractivity contribution is 6.10. The van der Waals surface area contributed by atoms with Crippen LogP contribution < -0.4 is 10.7 Å². The van der Waals surface area contributed by atoms with Crippen molar-refractivity contribution in [2.75, 3.05) is 5.43 Å². The maximum atomic E-state index is 11.2. The lowest BCUT2D eigenvalue weighted by molar-refractivity contribution is -0.121. The molecule has 0 aliphatic carbocycles. The number of nitrogens with zero attached hydrogens (tertiary/aromatic N) is 3. The second kappa shape index (κ2) is 4.98. The number of nitriles is 2. The van der Waals surface area contributed by atoms with E-state index in [0.29, 0.717) is 18.7 Å². The van der Waals surface area contributed by atoms with E-state index in [-0.39, 0.29) is 11.6 Å². The Morgan fingerprint density at radius 1 is 1.33 bits per heavy atom. The molecule has 1 heterocycles. The first-order chi connectivity index (χ1) is 8.72. The molecule has 0 saturated heterocycles. The first-order valence-corrected chi connectivity index (χ1v) is 5.25. The lowest BCUT2D eigenvalue weighted by atomic mass is 10.0. The molecule has 18 heavy (non-hydrogen) atoms. The molecule has 1 aliphatic heterocycles. The van der Waals surface area contributed by atoms with E-state index in [9.17, 15) is 4.79 Å². The Kier molecular flexibility index (Phi) is 3.22. The summed E-state index contributed by atoms with van der Waals surface area (Å²) in [4.78, 5) is 11.2. The Bertz CT molecular complexity index is 590. The van der Waals surface area contributed by atoms with Gasteiger partial charge in [-0.05, 0) is 23.3 Å². The highest BCUT2D eigenvalue weighted by Crippen LogP contribution is 2.19. The Hall–Kier alpha value is -2.86. The van der Waals surface area contributed by atoms with E-state index < -0.39 is 0 Å². The summed E-state index contributed by atoms with van der Waals surface area (Å²) in [6.45, 7) is 0.483. The summed E-state index contributed by atoms with van der Waals surface area (Å²) in [6, 6.07) is 8.75. The number of amides is 1. The summed E-state index contributed by atoms with van der Waals surface area (Å²) in [5, 5.41) is 23.5. The standard InChI is InChI=1S/C12H9N5O/c13-5-11(6-14)17-16-10-2-1-8-4-12(18)15-7-9(8)3-10/h1-3,16H,4,7H2,(H,15,18). The summed E-state index contributed by atoms with van der Waals surface area (Å²) in [7, 11) is 0. The van der Waals surface area contributed by atoms with Crippen molar-refractivity contribution in [3.63, 3.8) is 0 Å². The molecule has 6 nitrogen and oxygen atoms in total. The van der Waals surface area contributed by atoms with Crippen molar-refractivity contribution in [1.82, 2.24) is 5.32 Å². The van der Waals surface area contributed by atoms with Gasteiger partial charge in [-0.1, -0.05) is 6.07 Å². The molecule has 1 amide bonds. The van der Waals surface area contributed by atoms with Crippen molar-refractivity contribution in [3.8, 4) is 12.1 Å². The Balaban J connectivity index is 2.18. The molecule has 1 aromatic rings. The van der Waals surface area contributed by atoms with Crippen molar-refractivity contribution in [3.05, 3.63) is 29.3 Å². The molecule has 88 valence electrons. The van der Waals surface area contributed by atoms with Crippen LogP contribution in [0.4, 0.5) is 5.69 Å². The van der Waals surface area contributed by atoms with Crippen LogP contribution in [0.25, 0.3) is 0 Å². The molecule has 6 heteroatoms. The van der Waals surface area contributed by atoms with Crippen molar-refractivity contribution in [2.45, 2.75) is 13.0 Å². The molecule has 1 aliphatic rings. The van der Waals surface area contributed by atoms with E-state index in [4.69, 9.17) is 10.5 Å². The smallest absolute Gasteiger partial charge is 0.237 e. The van der Waals surface area contributed by atoms with Crippen LogP contribution in [-0.2, 0) is 17.8 Å². The second-order valence-electron chi connectivity index (χ2n) is 3.73. The maximum absolute atomic E-state index is 11.2. The van der Waals surface area contributed by atoms with E-state index >= 15 is 0 Å². The highest BCUT2D eigenvalue weighted by atomic mass is 16.1. The van der Waals surface area contributed by atoms with Crippen molar-refractivity contribution < 1.29 is 4.79 Å². The second-order valence-corrected chi connectivity index (χ2v) is 3.73. The third-order valence-corrected chi connectivity index (χ3v) is 2.54. The van der Waals surface area contributed by atoms with Gasteiger partial charge in [0.2, 0.25) is 11.6 Å². The first-order valence-electron chi connectivity index (χ1n) is 5.25. The van der Waals surface area contributed by atoms with Crippen molar-refractivity contribution in [2.24, 2.45) is 5.10 Å². The average Bonchev–Trinajstić information content (AvgIpc) is 2.40. The number of hydrogen-bond acceptors (Lipinski definition) is 5. The van der Waals surface area contributed by atoms with Crippen molar-refractivity contribution in [1.29, 1.82) is 10.5 Å². The van der Waals surface area contributed by atoms with E-state index in [0.717, 1.165) is 11.1 Å². The number of rotatable bonds is 2. The van der Waals surface area contributed by atoms with E-state index in [1.807, 2.05) is 12.1 Å². The Morgan fingerprint density at radius 2 is 2.11 bits per heavy atom. The first kappa shape index (κ1) is 11.6. The number of benzene rings is 1. The van der Waals surface area contributed by atoms with Crippen LogP contribution in [0.15, 0.2) is 23.3 Å². The van der Waals surface area contributed by atoms with Crippen LogP contribution in [0, 0.1) is 22.7 Å². The maximum Gasteiger partial charge on any atom is 0.237 e.